The van der Waals surface area contributed by atoms with Gasteiger partial charge in [-0.15, -0.1) is 0 Å². The lowest BCUT2D eigenvalue weighted by Crippen LogP contribution is -2.28. The Bertz CT molecular complexity index is 722. The molecule has 21 heavy (non-hydrogen) atoms. The first-order chi connectivity index (χ1) is 9.95. The number of fused-ring (bicyclic) bond motifs is 1. The second-order valence-electron chi connectivity index (χ2n) is 6.07. The minimum absolute atomic E-state index is 0.139. The van der Waals surface area contributed by atoms with E-state index in [0.717, 1.165) is 25.2 Å². The van der Waals surface area contributed by atoms with Crippen molar-refractivity contribution >= 4 is 34.9 Å². The van der Waals surface area contributed by atoms with E-state index in [0.29, 0.717) is 22.2 Å². The van der Waals surface area contributed by atoms with Crippen molar-refractivity contribution in [2.75, 3.05) is 13.1 Å². The third-order valence-corrected chi connectivity index (χ3v) is 4.92. The molecule has 114 valence electrons. The fourth-order valence-electron chi connectivity index (χ4n) is 3.07. The molecular formula is C15H19ClFN3S. The Morgan fingerprint density at radius 3 is 2.90 bits per heavy atom. The molecule has 0 spiro atoms. The number of aromatic amines is 1. The van der Waals surface area contributed by atoms with Gasteiger partial charge in [-0.1, -0.05) is 11.6 Å². The molecule has 1 unspecified atom stereocenters. The van der Waals surface area contributed by atoms with Gasteiger partial charge in [0.15, 0.2) is 4.77 Å². The topological polar surface area (TPSA) is 24.0 Å². The highest BCUT2D eigenvalue weighted by Gasteiger charge is 2.25. The van der Waals surface area contributed by atoms with Crippen LogP contribution in [0.3, 0.4) is 0 Å². The summed E-state index contributed by atoms with van der Waals surface area (Å²) in [6.45, 7) is 7.52. The summed E-state index contributed by atoms with van der Waals surface area (Å²) < 4.78 is 16.2. The van der Waals surface area contributed by atoms with Gasteiger partial charge >= 0.3 is 0 Å². The van der Waals surface area contributed by atoms with Crippen LogP contribution >= 0.6 is 23.8 Å². The van der Waals surface area contributed by atoms with E-state index in [1.807, 2.05) is 4.57 Å². The number of nitrogens with one attached hydrogen (secondary N) is 1. The molecule has 0 radical (unpaired) electrons. The normalized spacial score (nSPS) is 20.0. The maximum absolute atomic E-state index is 13.5. The first-order valence-electron chi connectivity index (χ1n) is 7.27. The fraction of sp³-hybridized carbons (Fsp3) is 0.533. The number of imidazole rings is 1. The molecule has 1 aromatic carbocycles. The molecule has 1 aliphatic rings. The Balaban J connectivity index is 1.89. The molecule has 1 fully saturated rings. The van der Waals surface area contributed by atoms with Gasteiger partial charge in [0.25, 0.3) is 0 Å². The molecule has 3 rings (SSSR count). The molecule has 0 amide bonds. The van der Waals surface area contributed by atoms with E-state index in [9.17, 15) is 4.39 Å². The number of H-pyrrole nitrogens is 1. The third-order valence-electron chi connectivity index (χ3n) is 4.30. The van der Waals surface area contributed by atoms with E-state index >= 15 is 0 Å². The van der Waals surface area contributed by atoms with Crippen molar-refractivity contribution < 1.29 is 4.39 Å². The van der Waals surface area contributed by atoms with Gasteiger partial charge in [0.1, 0.15) is 5.82 Å². The van der Waals surface area contributed by atoms with Crippen LogP contribution < -0.4 is 0 Å². The zero-order valence-corrected chi connectivity index (χ0v) is 13.8. The van der Waals surface area contributed by atoms with E-state index in [-0.39, 0.29) is 5.02 Å². The van der Waals surface area contributed by atoms with E-state index in [1.165, 1.54) is 12.5 Å². The average molecular weight is 328 g/mol. The minimum atomic E-state index is -0.417. The molecule has 0 bridgehead atoms. The quantitative estimate of drug-likeness (QED) is 0.853. The van der Waals surface area contributed by atoms with Crippen LogP contribution in [0.1, 0.15) is 20.3 Å². The van der Waals surface area contributed by atoms with Gasteiger partial charge in [0.05, 0.1) is 16.1 Å². The number of benzene rings is 1. The van der Waals surface area contributed by atoms with Gasteiger partial charge in [0.2, 0.25) is 0 Å². The highest BCUT2D eigenvalue weighted by atomic mass is 35.5. The number of aromatic nitrogens is 2. The van der Waals surface area contributed by atoms with Crippen LogP contribution in [-0.2, 0) is 6.54 Å². The molecule has 1 aromatic heterocycles. The third kappa shape index (κ3) is 2.87. The number of hydrogen-bond acceptors (Lipinski definition) is 2. The molecule has 6 heteroatoms. The number of halogens is 2. The number of rotatable bonds is 3. The van der Waals surface area contributed by atoms with Crippen molar-refractivity contribution in [3.8, 4) is 0 Å². The van der Waals surface area contributed by atoms with E-state index in [2.05, 4.69) is 23.7 Å². The van der Waals surface area contributed by atoms with Crippen molar-refractivity contribution in [3.63, 3.8) is 0 Å². The van der Waals surface area contributed by atoms with Crippen molar-refractivity contribution in [3.05, 3.63) is 27.7 Å². The Morgan fingerprint density at radius 1 is 1.48 bits per heavy atom. The van der Waals surface area contributed by atoms with Gasteiger partial charge in [-0.05, 0) is 51.0 Å². The maximum atomic E-state index is 13.5. The molecule has 2 aromatic rings. The summed E-state index contributed by atoms with van der Waals surface area (Å²) in [5.74, 6) is 0.154. The lowest BCUT2D eigenvalue weighted by atomic mass is 10.1. The lowest BCUT2D eigenvalue weighted by molar-refractivity contribution is 0.261. The van der Waals surface area contributed by atoms with E-state index in [1.54, 1.807) is 6.07 Å². The molecular weight excluding hydrogens is 309 g/mol. The maximum Gasteiger partial charge on any atom is 0.178 e. The predicted molar refractivity (Wildman–Crippen MR) is 86.9 cm³/mol. The molecule has 1 N–H and O–H groups in total. The number of hydrogen-bond donors (Lipinski definition) is 1. The monoisotopic (exact) mass is 327 g/mol. The number of nitrogens with zero attached hydrogens (tertiary/aromatic N) is 2. The van der Waals surface area contributed by atoms with Crippen LogP contribution in [0.15, 0.2) is 12.1 Å². The van der Waals surface area contributed by atoms with Crippen LogP contribution in [-0.4, -0.2) is 33.6 Å². The van der Waals surface area contributed by atoms with E-state index < -0.39 is 5.82 Å². The SMILES string of the molecule is CC(C)N1CCC(Cn2c(=S)[nH]c3cc(F)c(Cl)cc32)C1. The molecule has 1 saturated heterocycles. The Hall–Kier alpha value is -0.910. The summed E-state index contributed by atoms with van der Waals surface area (Å²) in [6, 6.07) is 3.65. The first-order valence-corrected chi connectivity index (χ1v) is 8.06. The summed E-state index contributed by atoms with van der Waals surface area (Å²) in [5, 5.41) is 0.139. The van der Waals surface area contributed by atoms with Gasteiger partial charge in [-0.25, -0.2) is 4.39 Å². The number of likely N-dealkylation sites (tertiary alicyclic amines) is 1. The van der Waals surface area contributed by atoms with Crippen LogP contribution in [0.25, 0.3) is 11.0 Å². The molecule has 3 nitrogen and oxygen atoms in total. The highest BCUT2D eigenvalue weighted by Crippen LogP contribution is 2.26. The second-order valence-corrected chi connectivity index (χ2v) is 6.86. The Kier molecular flexibility index (Phi) is 4.08. The zero-order chi connectivity index (χ0) is 15.1. The van der Waals surface area contributed by atoms with Gasteiger partial charge in [0, 0.05) is 25.2 Å². The fourth-order valence-corrected chi connectivity index (χ4v) is 3.51. The summed E-state index contributed by atoms with van der Waals surface area (Å²) in [6.07, 6.45) is 1.17. The average Bonchev–Trinajstić information content (AvgIpc) is 2.98. The Labute approximate surface area is 133 Å². The van der Waals surface area contributed by atoms with Crippen LogP contribution in [0.2, 0.25) is 5.02 Å². The highest BCUT2D eigenvalue weighted by molar-refractivity contribution is 7.71. The molecule has 0 aliphatic carbocycles. The van der Waals surface area contributed by atoms with Gasteiger partial charge in [-0.3, -0.25) is 0 Å². The van der Waals surface area contributed by atoms with Crippen LogP contribution in [0, 0.1) is 16.5 Å². The van der Waals surface area contributed by atoms with E-state index in [4.69, 9.17) is 23.8 Å². The van der Waals surface area contributed by atoms with Crippen LogP contribution in [0.4, 0.5) is 4.39 Å². The molecule has 1 aliphatic heterocycles. The first kappa shape index (κ1) is 15.0. The lowest BCUT2D eigenvalue weighted by Gasteiger charge is -2.20. The van der Waals surface area contributed by atoms with Crippen molar-refractivity contribution in [2.24, 2.45) is 5.92 Å². The van der Waals surface area contributed by atoms with Gasteiger partial charge in [-0.2, -0.15) is 0 Å². The summed E-state index contributed by atoms with van der Waals surface area (Å²) in [4.78, 5) is 5.55. The zero-order valence-electron chi connectivity index (χ0n) is 12.2. The molecule has 0 saturated carbocycles. The predicted octanol–water partition coefficient (Wildman–Crippen LogP) is 4.22. The minimum Gasteiger partial charge on any atom is -0.330 e. The van der Waals surface area contributed by atoms with Crippen molar-refractivity contribution in [2.45, 2.75) is 32.9 Å². The Morgan fingerprint density at radius 2 is 2.24 bits per heavy atom. The molecule has 1 atom stereocenters. The summed E-state index contributed by atoms with van der Waals surface area (Å²) in [7, 11) is 0. The van der Waals surface area contributed by atoms with Crippen LogP contribution in [0.5, 0.6) is 0 Å². The molecule has 2 heterocycles. The van der Waals surface area contributed by atoms with Crippen molar-refractivity contribution in [1.29, 1.82) is 0 Å². The second kappa shape index (κ2) is 5.71. The summed E-state index contributed by atoms with van der Waals surface area (Å²) >= 11 is 11.3. The van der Waals surface area contributed by atoms with Crippen molar-refractivity contribution in [1.82, 2.24) is 14.5 Å². The smallest absolute Gasteiger partial charge is 0.178 e. The standard InChI is InChI=1S/C15H19ClFN3S/c1-9(2)19-4-3-10(7-19)8-20-14-5-11(16)12(17)6-13(14)18-15(20)21/h5-6,9-10H,3-4,7-8H2,1-2H3,(H,18,21). The summed E-state index contributed by atoms with van der Waals surface area (Å²) in [5.41, 5.74) is 1.59. The largest absolute Gasteiger partial charge is 0.330 e. The van der Waals surface area contributed by atoms with Gasteiger partial charge < -0.3 is 14.5 Å².